The minimum atomic E-state index is -1.05. The molecule has 1 aliphatic heterocycles. The van der Waals surface area contributed by atoms with E-state index < -0.39 is 17.9 Å². The smallest absolute Gasteiger partial charge is 0.417 e. The Morgan fingerprint density at radius 1 is 1.05 bits per heavy atom. The van der Waals surface area contributed by atoms with Crippen LogP contribution in [-0.4, -0.2) is 16.8 Å². The molecule has 0 saturated heterocycles. The van der Waals surface area contributed by atoms with Crippen LogP contribution in [0.4, 0.5) is 10.5 Å². The van der Waals surface area contributed by atoms with E-state index in [2.05, 4.69) is 0 Å². The Morgan fingerprint density at radius 2 is 1.64 bits per heavy atom. The summed E-state index contributed by atoms with van der Waals surface area (Å²) in [7, 11) is 0. The molecule has 1 amide bonds. The number of hydrogen-bond donors (Lipinski definition) is 1. The van der Waals surface area contributed by atoms with Crippen molar-refractivity contribution in [1.29, 1.82) is 0 Å². The highest BCUT2D eigenvalue weighted by atomic mass is 16.6. The molecule has 22 heavy (non-hydrogen) atoms. The molecule has 4 heteroatoms. The van der Waals surface area contributed by atoms with Crippen LogP contribution in [0.1, 0.15) is 32.6 Å². The number of aliphatic hydroxyl groups excluding tert-OH is 1. The third-order valence-corrected chi connectivity index (χ3v) is 3.53. The Kier molecular flexibility index (Phi) is 3.41. The first kappa shape index (κ1) is 14.6. The zero-order valence-corrected chi connectivity index (χ0v) is 12.9. The van der Waals surface area contributed by atoms with Crippen LogP contribution in [0.25, 0.3) is 11.1 Å². The Balaban J connectivity index is 2.11. The number of carbonyl (C=O) groups excluding carboxylic acids is 1. The summed E-state index contributed by atoms with van der Waals surface area (Å²) in [6, 6.07) is 15.1. The summed E-state index contributed by atoms with van der Waals surface area (Å²) >= 11 is 0. The van der Waals surface area contributed by atoms with Crippen molar-refractivity contribution in [3.63, 3.8) is 0 Å². The summed E-state index contributed by atoms with van der Waals surface area (Å²) in [5.41, 5.74) is 2.58. The molecule has 1 unspecified atom stereocenters. The zero-order chi connectivity index (χ0) is 15.9. The third kappa shape index (κ3) is 2.46. The van der Waals surface area contributed by atoms with Crippen molar-refractivity contribution in [1.82, 2.24) is 0 Å². The quantitative estimate of drug-likeness (QED) is 0.796. The van der Waals surface area contributed by atoms with Gasteiger partial charge >= 0.3 is 6.09 Å². The summed E-state index contributed by atoms with van der Waals surface area (Å²) in [6.07, 6.45) is -1.61. The molecule has 0 aliphatic carbocycles. The lowest BCUT2D eigenvalue weighted by molar-refractivity contribution is 0.0470. The highest BCUT2D eigenvalue weighted by molar-refractivity contribution is 5.97. The van der Waals surface area contributed by atoms with E-state index in [-0.39, 0.29) is 0 Å². The van der Waals surface area contributed by atoms with E-state index in [1.807, 2.05) is 48.5 Å². The number of aliphatic hydroxyl groups is 1. The molecule has 2 aromatic carbocycles. The van der Waals surface area contributed by atoms with Gasteiger partial charge in [-0.25, -0.2) is 9.69 Å². The van der Waals surface area contributed by atoms with E-state index in [0.717, 1.165) is 11.1 Å². The van der Waals surface area contributed by atoms with Gasteiger partial charge in [0.25, 0.3) is 0 Å². The van der Waals surface area contributed by atoms with Crippen LogP contribution in [0, 0.1) is 0 Å². The minimum absolute atomic E-state index is 0.554. The number of hydrogen-bond acceptors (Lipinski definition) is 3. The maximum Gasteiger partial charge on any atom is 0.417 e. The minimum Gasteiger partial charge on any atom is -0.443 e. The number of anilines is 1. The Morgan fingerprint density at radius 3 is 2.32 bits per heavy atom. The van der Waals surface area contributed by atoms with E-state index in [0.29, 0.717) is 11.3 Å². The van der Waals surface area contributed by atoms with Gasteiger partial charge < -0.3 is 9.84 Å². The van der Waals surface area contributed by atoms with Gasteiger partial charge in [0, 0.05) is 11.1 Å². The van der Waals surface area contributed by atoms with E-state index in [1.165, 1.54) is 4.90 Å². The Labute approximate surface area is 130 Å². The van der Waals surface area contributed by atoms with Crippen molar-refractivity contribution < 1.29 is 14.6 Å². The molecule has 1 N–H and O–H groups in total. The van der Waals surface area contributed by atoms with Gasteiger partial charge in [-0.3, -0.25) is 0 Å². The molecular weight excluding hydrogens is 278 g/mol. The fourth-order valence-corrected chi connectivity index (χ4v) is 2.66. The largest absolute Gasteiger partial charge is 0.443 e. The van der Waals surface area contributed by atoms with Crippen molar-refractivity contribution in [2.45, 2.75) is 32.6 Å². The number of amides is 1. The number of para-hydroxylation sites is 1. The highest BCUT2D eigenvalue weighted by Crippen LogP contribution is 2.43. The normalized spacial score (nSPS) is 16.7. The molecular formula is C18H19NO3. The van der Waals surface area contributed by atoms with Crippen LogP contribution in [0.15, 0.2) is 48.5 Å². The molecule has 0 bridgehead atoms. The van der Waals surface area contributed by atoms with E-state index in [4.69, 9.17) is 4.74 Å². The molecule has 1 atom stereocenters. The first-order valence-corrected chi connectivity index (χ1v) is 7.27. The predicted molar refractivity (Wildman–Crippen MR) is 85.6 cm³/mol. The van der Waals surface area contributed by atoms with Gasteiger partial charge in [0.2, 0.25) is 0 Å². The molecule has 0 saturated carbocycles. The summed E-state index contributed by atoms with van der Waals surface area (Å²) in [5.74, 6) is 0. The highest BCUT2D eigenvalue weighted by Gasteiger charge is 2.35. The predicted octanol–water partition coefficient (Wildman–Crippen LogP) is 4.10. The fourth-order valence-electron chi connectivity index (χ4n) is 2.66. The lowest BCUT2D eigenvalue weighted by atomic mass is 9.92. The number of benzene rings is 2. The fraction of sp³-hybridized carbons (Fsp3) is 0.278. The summed E-state index contributed by atoms with van der Waals surface area (Å²) in [5, 5.41) is 10.7. The Hall–Kier alpha value is -2.33. The molecule has 114 valence electrons. The molecule has 0 fully saturated rings. The molecule has 2 aromatic rings. The molecule has 0 aromatic heterocycles. The van der Waals surface area contributed by atoms with Crippen LogP contribution in [0.3, 0.4) is 0 Å². The molecule has 0 spiro atoms. The zero-order valence-electron chi connectivity index (χ0n) is 12.9. The van der Waals surface area contributed by atoms with Gasteiger partial charge in [-0.05, 0) is 32.4 Å². The van der Waals surface area contributed by atoms with Gasteiger partial charge in [0.05, 0.1) is 5.69 Å². The molecule has 3 rings (SSSR count). The second-order valence-corrected chi connectivity index (χ2v) is 6.33. The van der Waals surface area contributed by atoms with E-state index >= 15 is 0 Å². The topological polar surface area (TPSA) is 49.8 Å². The van der Waals surface area contributed by atoms with Crippen LogP contribution in [-0.2, 0) is 4.74 Å². The van der Waals surface area contributed by atoms with Gasteiger partial charge in [0.1, 0.15) is 5.60 Å². The number of fused-ring (bicyclic) bond motifs is 3. The second-order valence-electron chi connectivity index (χ2n) is 6.33. The molecule has 1 aliphatic rings. The first-order chi connectivity index (χ1) is 10.4. The van der Waals surface area contributed by atoms with Crippen molar-refractivity contribution >= 4 is 11.8 Å². The average molecular weight is 297 g/mol. The van der Waals surface area contributed by atoms with E-state index in [1.54, 1.807) is 20.8 Å². The first-order valence-electron chi connectivity index (χ1n) is 7.27. The summed E-state index contributed by atoms with van der Waals surface area (Å²) < 4.78 is 5.45. The monoisotopic (exact) mass is 297 g/mol. The van der Waals surface area contributed by atoms with Gasteiger partial charge in [-0.15, -0.1) is 0 Å². The number of ether oxygens (including phenoxy) is 1. The van der Waals surface area contributed by atoms with Crippen molar-refractivity contribution in [2.24, 2.45) is 0 Å². The van der Waals surface area contributed by atoms with Crippen molar-refractivity contribution in [2.75, 3.05) is 4.90 Å². The van der Waals surface area contributed by atoms with E-state index in [9.17, 15) is 9.90 Å². The van der Waals surface area contributed by atoms with Gasteiger partial charge in [-0.1, -0.05) is 42.5 Å². The Bertz CT molecular complexity index is 718. The van der Waals surface area contributed by atoms with Gasteiger partial charge in [0.15, 0.2) is 6.23 Å². The van der Waals surface area contributed by atoms with Crippen molar-refractivity contribution in [3.8, 4) is 11.1 Å². The number of nitrogens with zero attached hydrogens (tertiary/aromatic N) is 1. The summed E-state index contributed by atoms with van der Waals surface area (Å²) in [4.78, 5) is 13.8. The second kappa shape index (κ2) is 5.14. The van der Waals surface area contributed by atoms with Gasteiger partial charge in [-0.2, -0.15) is 0 Å². The molecule has 1 heterocycles. The van der Waals surface area contributed by atoms with Crippen LogP contribution < -0.4 is 4.90 Å². The SMILES string of the molecule is CC(C)(C)OC(=O)N1c2ccccc2-c2ccccc2C1O. The maximum absolute atomic E-state index is 12.5. The standard InChI is InChI=1S/C18H19NO3/c1-18(2,3)22-17(21)19-15-11-7-6-9-13(15)12-8-4-5-10-14(12)16(19)20/h4-11,16,20H,1-3H3. The third-order valence-electron chi connectivity index (χ3n) is 3.53. The molecule has 4 nitrogen and oxygen atoms in total. The van der Waals surface area contributed by atoms with Crippen LogP contribution in [0.5, 0.6) is 0 Å². The lowest BCUT2D eigenvalue weighted by Gasteiger charge is -2.36. The number of carbonyl (C=O) groups is 1. The average Bonchev–Trinajstić information content (AvgIpc) is 2.46. The molecule has 0 radical (unpaired) electrons. The summed E-state index contributed by atoms with van der Waals surface area (Å²) in [6.45, 7) is 5.42. The number of rotatable bonds is 0. The van der Waals surface area contributed by atoms with Crippen LogP contribution >= 0.6 is 0 Å². The van der Waals surface area contributed by atoms with Crippen molar-refractivity contribution in [3.05, 3.63) is 54.1 Å². The lowest BCUT2D eigenvalue weighted by Crippen LogP contribution is -2.41. The maximum atomic E-state index is 12.5. The van der Waals surface area contributed by atoms with Crippen LogP contribution in [0.2, 0.25) is 0 Å².